The SMILES string of the molecule is C=C/C=C\C(=C)CC(O)C(=C)CC(=C)C(C)=O.CC. The number of carbonyl (C=O) groups is 1. The summed E-state index contributed by atoms with van der Waals surface area (Å²) in [6.07, 6.45) is 5.20. The van der Waals surface area contributed by atoms with Gasteiger partial charge in [-0.25, -0.2) is 0 Å². The van der Waals surface area contributed by atoms with Crippen molar-refractivity contribution in [2.24, 2.45) is 0 Å². The largest absolute Gasteiger partial charge is 0.388 e. The first-order valence-corrected chi connectivity index (χ1v) is 6.39. The van der Waals surface area contributed by atoms with E-state index in [0.717, 1.165) is 5.57 Å². The van der Waals surface area contributed by atoms with Gasteiger partial charge in [-0.05, 0) is 24.5 Å². The number of hydrogen-bond donors (Lipinski definition) is 1. The Morgan fingerprint density at radius 1 is 1.26 bits per heavy atom. The lowest BCUT2D eigenvalue weighted by atomic mass is 9.97. The van der Waals surface area contributed by atoms with E-state index in [9.17, 15) is 9.90 Å². The fourth-order valence-corrected chi connectivity index (χ4v) is 1.18. The van der Waals surface area contributed by atoms with Crippen LogP contribution in [0.3, 0.4) is 0 Å². The van der Waals surface area contributed by atoms with E-state index in [1.807, 2.05) is 13.8 Å². The normalized spacial score (nSPS) is 11.2. The molecule has 1 N–H and O–H groups in total. The third-order valence-electron chi connectivity index (χ3n) is 2.33. The van der Waals surface area contributed by atoms with Crippen molar-refractivity contribution in [3.63, 3.8) is 0 Å². The fourth-order valence-electron chi connectivity index (χ4n) is 1.18. The zero-order chi connectivity index (χ0) is 15.4. The van der Waals surface area contributed by atoms with Gasteiger partial charge in [0.1, 0.15) is 0 Å². The minimum Gasteiger partial charge on any atom is -0.388 e. The first-order valence-electron chi connectivity index (χ1n) is 6.39. The summed E-state index contributed by atoms with van der Waals surface area (Å²) in [5, 5.41) is 9.85. The first kappa shape index (κ1) is 19.7. The summed E-state index contributed by atoms with van der Waals surface area (Å²) in [5.41, 5.74) is 1.83. The van der Waals surface area contributed by atoms with E-state index >= 15 is 0 Å². The van der Waals surface area contributed by atoms with E-state index in [4.69, 9.17) is 0 Å². The van der Waals surface area contributed by atoms with Crippen LogP contribution in [0.15, 0.2) is 61.3 Å². The molecule has 0 aromatic carbocycles. The van der Waals surface area contributed by atoms with E-state index < -0.39 is 6.10 Å². The highest BCUT2D eigenvalue weighted by atomic mass is 16.3. The molecule has 0 aromatic rings. The minimum absolute atomic E-state index is 0.0799. The van der Waals surface area contributed by atoms with Crippen LogP contribution in [0.5, 0.6) is 0 Å². The molecule has 0 aliphatic carbocycles. The summed E-state index contributed by atoms with van der Waals surface area (Å²) in [6.45, 7) is 20.2. The predicted molar refractivity (Wildman–Crippen MR) is 84.0 cm³/mol. The summed E-state index contributed by atoms with van der Waals surface area (Å²) in [6, 6.07) is 0. The lowest BCUT2D eigenvalue weighted by Crippen LogP contribution is -2.12. The second kappa shape index (κ2) is 11.4. The Hall–Kier alpha value is -1.67. The highest BCUT2D eigenvalue weighted by molar-refractivity contribution is 5.92. The standard InChI is InChI=1S/C15H20O2.C2H6/c1-6-7-8-11(2)9-15(17)13(4)10-12(3)14(5)16;1-2/h6-8,15,17H,1-4,9-10H2,5H3;1-2H3/b8-7-;. The molecule has 0 aliphatic heterocycles. The number of allylic oxidation sites excluding steroid dienone is 4. The van der Waals surface area contributed by atoms with E-state index in [-0.39, 0.29) is 5.78 Å². The number of Topliss-reactive ketones (excluding diaryl/α,β-unsaturated/α-hetero) is 1. The van der Waals surface area contributed by atoms with Crippen LogP contribution in [0.25, 0.3) is 0 Å². The highest BCUT2D eigenvalue weighted by Gasteiger charge is 2.12. The lowest BCUT2D eigenvalue weighted by molar-refractivity contribution is -0.113. The topological polar surface area (TPSA) is 37.3 Å². The van der Waals surface area contributed by atoms with Gasteiger partial charge < -0.3 is 5.11 Å². The molecule has 0 rings (SSSR count). The Kier molecular flexibility index (Phi) is 11.8. The summed E-state index contributed by atoms with van der Waals surface area (Å²) in [5.74, 6) is -0.0799. The van der Waals surface area contributed by atoms with Gasteiger partial charge in [-0.15, -0.1) is 0 Å². The third kappa shape index (κ3) is 9.98. The van der Waals surface area contributed by atoms with Crippen LogP contribution in [0, 0.1) is 0 Å². The van der Waals surface area contributed by atoms with Crippen molar-refractivity contribution < 1.29 is 9.90 Å². The molecule has 0 bridgehead atoms. The van der Waals surface area contributed by atoms with Crippen LogP contribution >= 0.6 is 0 Å². The zero-order valence-electron chi connectivity index (χ0n) is 12.4. The number of rotatable bonds is 8. The summed E-state index contributed by atoms with van der Waals surface area (Å²) in [4.78, 5) is 11.0. The predicted octanol–water partition coefficient (Wildman–Crippen LogP) is 4.15. The number of ketones is 1. The molecule has 1 atom stereocenters. The van der Waals surface area contributed by atoms with Crippen LogP contribution < -0.4 is 0 Å². The van der Waals surface area contributed by atoms with Crippen molar-refractivity contribution in [3.8, 4) is 0 Å². The molecule has 0 fully saturated rings. The second-order valence-corrected chi connectivity index (χ2v) is 3.97. The molecular weight excluding hydrogens is 236 g/mol. The van der Waals surface area contributed by atoms with Crippen LogP contribution in [0.2, 0.25) is 0 Å². The van der Waals surface area contributed by atoms with Gasteiger partial charge in [0.2, 0.25) is 0 Å². The molecule has 0 saturated heterocycles. The zero-order valence-corrected chi connectivity index (χ0v) is 12.4. The van der Waals surface area contributed by atoms with Gasteiger partial charge in [-0.3, -0.25) is 4.79 Å². The molecule has 106 valence electrons. The van der Waals surface area contributed by atoms with Crippen molar-refractivity contribution in [1.29, 1.82) is 0 Å². The third-order valence-corrected chi connectivity index (χ3v) is 2.33. The van der Waals surface area contributed by atoms with E-state index in [2.05, 4.69) is 26.3 Å². The molecule has 2 heteroatoms. The Morgan fingerprint density at radius 3 is 2.21 bits per heavy atom. The van der Waals surface area contributed by atoms with Crippen molar-refractivity contribution in [3.05, 3.63) is 61.3 Å². The van der Waals surface area contributed by atoms with Gasteiger partial charge in [0.05, 0.1) is 6.10 Å². The molecule has 0 heterocycles. The quantitative estimate of drug-likeness (QED) is 0.405. The Bertz CT molecular complexity index is 373. The highest BCUT2D eigenvalue weighted by Crippen LogP contribution is 2.17. The second-order valence-electron chi connectivity index (χ2n) is 3.97. The Balaban J connectivity index is 0. The smallest absolute Gasteiger partial charge is 0.155 e. The molecule has 2 nitrogen and oxygen atoms in total. The molecule has 0 aromatic heterocycles. The van der Waals surface area contributed by atoms with E-state index in [1.165, 1.54) is 6.92 Å². The van der Waals surface area contributed by atoms with Crippen molar-refractivity contribution in [1.82, 2.24) is 0 Å². The maximum Gasteiger partial charge on any atom is 0.155 e. The molecule has 0 saturated carbocycles. The first-order chi connectivity index (χ1) is 8.88. The van der Waals surface area contributed by atoms with Gasteiger partial charge in [0.15, 0.2) is 5.78 Å². The van der Waals surface area contributed by atoms with Crippen LogP contribution in [-0.2, 0) is 4.79 Å². The summed E-state index contributed by atoms with van der Waals surface area (Å²) >= 11 is 0. The van der Waals surface area contributed by atoms with Crippen LogP contribution in [0.1, 0.15) is 33.6 Å². The Labute approximate surface area is 117 Å². The average molecular weight is 262 g/mol. The number of carbonyl (C=O) groups excluding carboxylic acids is 1. The number of aliphatic hydroxyl groups is 1. The van der Waals surface area contributed by atoms with Gasteiger partial charge >= 0.3 is 0 Å². The summed E-state index contributed by atoms with van der Waals surface area (Å²) in [7, 11) is 0. The fraction of sp³-hybridized carbons (Fsp3) is 0.353. The van der Waals surface area contributed by atoms with Crippen molar-refractivity contribution in [2.75, 3.05) is 0 Å². The Morgan fingerprint density at radius 2 is 1.79 bits per heavy atom. The molecule has 19 heavy (non-hydrogen) atoms. The molecule has 0 aliphatic rings. The van der Waals surface area contributed by atoms with Crippen molar-refractivity contribution >= 4 is 5.78 Å². The van der Waals surface area contributed by atoms with E-state index in [0.29, 0.717) is 24.0 Å². The van der Waals surface area contributed by atoms with Crippen LogP contribution in [0.4, 0.5) is 0 Å². The van der Waals surface area contributed by atoms with Crippen LogP contribution in [-0.4, -0.2) is 17.0 Å². The van der Waals surface area contributed by atoms with E-state index in [1.54, 1.807) is 18.2 Å². The molecule has 0 amide bonds. The lowest BCUT2D eigenvalue weighted by Gasteiger charge is -2.14. The molecular formula is C17H26O2. The maximum atomic E-state index is 11.0. The monoisotopic (exact) mass is 262 g/mol. The maximum absolute atomic E-state index is 11.0. The van der Waals surface area contributed by atoms with Gasteiger partial charge in [-0.2, -0.15) is 0 Å². The average Bonchev–Trinajstić information content (AvgIpc) is 2.38. The minimum atomic E-state index is -0.701. The van der Waals surface area contributed by atoms with Crippen molar-refractivity contribution in [2.45, 2.75) is 39.7 Å². The molecule has 0 radical (unpaired) electrons. The van der Waals surface area contributed by atoms with Gasteiger partial charge in [-0.1, -0.05) is 64.0 Å². The molecule has 0 spiro atoms. The van der Waals surface area contributed by atoms with Gasteiger partial charge in [0.25, 0.3) is 0 Å². The van der Waals surface area contributed by atoms with Gasteiger partial charge in [0, 0.05) is 6.42 Å². The molecule has 1 unspecified atom stereocenters. The number of aliphatic hydroxyl groups excluding tert-OH is 1. The summed E-state index contributed by atoms with van der Waals surface area (Å²) < 4.78 is 0. The number of hydrogen-bond acceptors (Lipinski definition) is 2.